The van der Waals surface area contributed by atoms with E-state index in [1.54, 1.807) is 0 Å². The summed E-state index contributed by atoms with van der Waals surface area (Å²) in [5.41, 5.74) is 3.67. The van der Waals surface area contributed by atoms with Gasteiger partial charge < -0.3 is 14.8 Å². The summed E-state index contributed by atoms with van der Waals surface area (Å²) in [6, 6.07) is 22.7. The van der Waals surface area contributed by atoms with Gasteiger partial charge in [0.25, 0.3) is 0 Å². The van der Waals surface area contributed by atoms with Crippen molar-refractivity contribution in [2.45, 2.75) is 19.1 Å². The van der Waals surface area contributed by atoms with Crippen LogP contribution in [0.15, 0.2) is 72.9 Å². The molecule has 4 rings (SSSR count). The minimum Gasteiger partial charge on any atom is -0.358 e. The molecule has 0 aliphatic carbocycles. The van der Waals surface area contributed by atoms with Crippen LogP contribution in [0.3, 0.4) is 0 Å². The van der Waals surface area contributed by atoms with Crippen molar-refractivity contribution in [2.24, 2.45) is 0 Å². The van der Waals surface area contributed by atoms with Gasteiger partial charge in [-0.2, -0.15) is 0 Å². The third kappa shape index (κ3) is 3.48. The van der Waals surface area contributed by atoms with Gasteiger partial charge in [0, 0.05) is 36.5 Å². The Hall–Kier alpha value is -2.30. The number of hydrogen-bond donors (Lipinski definition) is 1. The second-order valence-electron chi connectivity index (χ2n) is 6.42. The highest BCUT2D eigenvalue weighted by Crippen LogP contribution is 2.33. The van der Waals surface area contributed by atoms with Crippen molar-refractivity contribution < 1.29 is 0 Å². The molecule has 1 aliphatic heterocycles. The van der Waals surface area contributed by atoms with E-state index >= 15 is 0 Å². The van der Waals surface area contributed by atoms with Crippen molar-refractivity contribution in [3.05, 3.63) is 94.8 Å². The van der Waals surface area contributed by atoms with Gasteiger partial charge in [0.2, 0.25) is 0 Å². The Labute approximate surface area is 164 Å². The fourth-order valence-corrected chi connectivity index (χ4v) is 3.87. The molecular weight excluding hydrogens is 362 g/mol. The largest absolute Gasteiger partial charge is 0.358 e. The minimum atomic E-state index is 0.0896. The Morgan fingerprint density at radius 2 is 1.77 bits per heavy atom. The van der Waals surface area contributed by atoms with Gasteiger partial charge in [-0.15, -0.1) is 0 Å². The van der Waals surface area contributed by atoms with E-state index in [9.17, 15) is 0 Å². The van der Waals surface area contributed by atoms with Crippen molar-refractivity contribution in [1.82, 2.24) is 14.8 Å². The Kier molecular flexibility index (Phi) is 4.96. The molecule has 3 nitrogen and oxygen atoms in total. The van der Waals surface area contributed by atoms with E-state index in [-0.39, 0.29) is 6.04 Å². The van der Waals surface area contributed by atoms with E-state index in [1.165, 1.54) is 16.8 Å². The Bertz CT molecular complexity index is 889. The van der Waals surface area contributed by atoms with Crippen molar-refractivity contribution in [1.29, 1.82) is 0 Å². The van der Waals surface area contributed by atoms with E-state index in [0.717, 1.165) is 29.8 Å². The summed E-state index contributed by atoms with van der Waals surface area (Å²) in [6.07, 6.45) is 2.13. The topological polar surface area (TPSA) is 20.2 Å². The van der Waals surface area contributed by atoms with Gasteiger partial charge in [-0.05, 0) is 47.6 Å². The minimum absolute atomic E-state index is 0.0896. The van der Waals surface area contributed by atoms with E-state index in [1.807, 2.05) is 30.3 Å². The van der Waals surface area contributed by atoms with Gasteiger partial charge >= 0.3 is 0 Å². The number of rotatable bonds is 3. The molecule has 0 amide bonds. The number of halogens is 1. The molecule has 0 saturated heterocycles. The normalized spacial score (nSPS) is 16.2. The lowest BCUT2D eigenvalue weighted by molar-refractivity contribution is 0.286. The van der Waals surface area contributed by atoms with Crippen LogP contribution in [0.5, 0.6) is 0 Å². The number of thiocarbonyl (C=S) groups is 1. The van der Waals surface area contributed by atoms with Crippen LogP contribution >= 0.6 is 23.8 Å². The number of hydrogen-bond acceptors (Lipinski definition) is 1. The first-order chi connectivity index (χ1) is 12.7. The summed E-state index contributed by atoms with van der Waals surface area (Å²) in [7, 11) is 0. The van der Waals surface area contributed by atoms with Crippen LogP contribution in [0.1, 0.15) is 22.9 Å². The van der Waals surface area contributed by atoms with Gasteiger partial charge in [0.05, 0.1) is 6.04 Å². The Balaban J connectivity index is 1.59. The second-order valence-corrected chi connectivity index (χ2v) is 7.24. The maximum absolute atomic E-state index is 6.09. The smallest absolute Gasteiger partial charge is 0.170 e. The molecule has 0 fully saturated rings. The molecule has 0 spiro atoms. The summed E-state index contributed by atoms with van der Waals surface area (Å²) in [5.74, 6) is 0. The number of nitrogens with zero attached hydrogens (tertiary/aromatic N) is 2. The second kappa shape index (κ2) is 7.52. The van der Waals surface area contributed by atoms with Crippen LogP contribution in [0.4, 0.5) is 0 Å². The number of aromatic nitrogens is 1. The fraction of sp³-hybridized carbons (Fsp3) is 0.190. The zero-order valence-corrected chi connectivity index (χ0v) is 15.9. The van der Waals surface area contributed by atoms with Crippen molar-refractivity contribution in [3.63, 3.8) is 0 Å². The van der Waals surface area contributed by atoms with Gasteiger partial charge in [-0.25, -0.2) is 0 Å². The first-order valence-electron chi connectivity index (χ1n) is 8.71. The molecule has 1 N–H and O–H groups in total. The summed E-state index contributed by atoms with van der Waals surface area (Å²) < 4.78 is 2.30. The SMILES string of the molecule is S=C(NCc1ccccc1)N1CCn2cccc2C1c1ccc(Cl)cc1. The zero-order chi connectivity index (χ0) is 17.9. The monoisotopic (exact) mass is 381 g/mol. The third-order valence-electron chi connectivity index (χ3n) is 4.77. The maximum Gasteiger partial charge on any atom is 0.170 e. The quantitative estimate of drug-likeness (QED) is 0.668. The highest BCUT2D eigenvalue weighted by Gasteiger charge is 2.30. The molecule has 1 aromatic heterocycles. The lowest BCUT2D eigenvalue weighted by atomic mass is 10.0. The molecule has 0 saturated carbocycles. The van der Waals surface area contributed by atoms with Gasteiger partial charge in [-0.1, -0.05) is 54.1 Å². The third-order valence-corrected chi connectivity index (χ3v) is 5.40. The molecule has 5 heteroatoms. The Morgan fingerprint density at radius 1 is 1.00 bits per heavy atom. The number of nitrogens with one attached hydrogen (secondary N) is 1. The summed E-state index contributed by atoms with van der Waals surface area (Å²) in [6.45, 7) is 2.53. The zero-order valence-electron chi connectivity index (χ0n) is 14.3. The van der Waals surface area contributed by atoms with E-state index in [0.29, 0.717) is 0 Å². The number of fused-ring (bicyclic) bond motifs is 1. The van der Waals surface area contributed by atoms with E-state index in [4.69, 9.17) is 23.8 Å². The summed E-state index contributed by atoms with van der Waals surface area (Å²) in [5, 5.41) is 4.95. The highest BCUT2D eigenvalue weighted by atomic mass is 35.5. The molecule has 0 radical (unpaired) electrons. The molecular formula is C21H20ClN3S. The number of benzene rings is 2. The van der Waals surface area contributed by atoms with Crippen molar-refractivity contribution in [2.75, 3.05) is 6.54 Å². The summed E-state index contributed by atoms with van der Waals surface area (Å²) >= 11 is 11.8. The standard InChI is InChI=1S/C21H20ClN3S/c22-18-10-8-17(9-11-18)20-19-7-4-12-24(19)13-14-25(20)21(26)23-15-16-5-2-1-3-6-16/h1-12,20H,13-15H2,(H,23,26). The Morgan fingerprint density at radius 3 is 2.54 bits per heavy atom. The molecule has 26 heavy (non-hydrogen) atoms. The van der Waals surface area contributed by atoms with Crippen LogP contribution in [0.25, 0.3) is 0 Å². The molecule has 2 aromatic carbocycles. The molecule has 1 atom stereocenters. The predicted molar refractivity (Wildman–Crippen MR) is 110 cm³/mol. The highest BCUT2D eigenvalue weighted by molar-refractivity contribution is 7.80. The van der Waals surface area contributed by atoms with Crippen LogP contribution in [0.2, 0.25) is 5.02 Å². The van der Waals surface area contributed by atoms with Crippen molar-refractivity contribution >= 4 is 28.9 Å². The van der Waals surface area contributed by atoms with Crippen LogP contribution in [-0.4, -0.2) is 21.1 Å². The van der Waals surface area contributed by atoms with Gasteiger partial charge in [-0.3, -0.25) is 0 Å². The lowest BCUT2D eigenvalue weighted by Gasteiger charge is -2.39. The average Bonchev–Trinajstić information content (AvgIpc) is 3.16. The average molecular weight is 382 g/mol. The fourth-order valence-electron chi connectivity index (χ4n) is 3.47. The molecule has 132 valence electrons. The maximum atomic E-state index is 6.09. The lowest BCUT2D eigenvalue weighted by Crippen LogP contribution is -2.46. The first kappa shape index (κ1) is 17.1. The molecule has 2 heterocycles. The van der Waals surface area contributed by atoms with Crippen LogP contribution in [-0.2, 0) is 13.1 Å². The van der Waals surface area contributed by atoms with E-state index < -0.39 is 0 Å². The first-order valence-corrected chi connectivity index (χ1v) is 9.50. The molecule has 1 unspecified atom stereocenters. The molecule has 3 aromatic rings. The van der Waals surface area contributed by atoms with E-state index in [2.05, 4.69) is 57.4 Å². The molecule has 0 bridgehead atoms. The summed E-state index contributed by atoms with van der Waals surface area (Å²) in [4.78, 5) is 2.27. The van der Waals surface area contributed by atoms with Crippen molar-refractivity contribution in [3.8, 4) is 0 Å². The van der Waals surface area contributed by atoms with Crippen LogP contribution in [0, 0.1) is 0 Å². The van der Waals surface area contributed by atoms with Gasteiger partial charge in [0.15, 0.2) is 5.11 Å². The van der Waals surface area contributed by atoms with Gasteiger partial charge in [0.1, 0.15) is 0 Å². The predicted octanol–water partition coefficient (Wildman–Crippen LogP) is 4.62. The molecule has 1 aliphatic rings. The van der Waals surface area contributed by atoms with Crippen LogP contribution < -0.4 is 5.32 Å².